The van der Waals surface area contributed by atoms with Crippen LogP contribution in [0.1, 0.15) is 0 Å². The third kappa shape index (κ3) is 53.2. The summed E-state index contributed by atoms with van der Waals surface area (Å²) in [6.07, 6.45) is 1.58. The second-order valence-electron chi connectivity index (χ2n) is 1.26. The first-order valence-corrected chi connectivity index (χ1v) is 3.33. The van der Waals surface area contributed by atoms with Gasteiger partial charge in [-0.15, -0.1) is 0 Å². The van der Waals surface area contributed by atoms with Crippen molar-refractivity contribution in [3.05, 3.63) is 12.7 Å². The fraction of sp³-hybridized carbons (Fsp3) is 0.200. The Morgan fingerprint density at radius 1 is 1.50 bits per heavy atom. The molecule has 5 N–H and O–H groups in total. The van der Waals surface area contributed by atoms with Gasteiger partial charge in [-0.3, -0.25) is 0 Å². The van der Waals surface area contributed by atoms with Crippen molar-refractivity contribution in [3.63, 3.8) is 0 Å². The molecule has 0 saturated heterocycles. The summed E-state index contributed by atoms with van der Waals surface area (Å²) in [5, 5.41) is 7.13. The number of hydrogen-bond acceptors (Lipinski definition) is 3. The van der Waals surface area contributed by atoms with E-state index in [-0.39, 0.29) is 24.7 Å². The third-order valence-electron chi connectivity index (χ3n) is 0.343. The Kier molecular flexibility index (Phi) is 19.7. The number of nitrogens with two attached hydrogens (primary N) is 2. The molecule has 0 amide bonds. The minimum atomic E-state index is -0.500. The van der Waals surface area contributed by atoms with Crippen LogP contribution in [0.3, 0.4) is 0 Å². The first kappa shape index (κ1) is 17.7. The van der Waals surface area contributed by atoms with Crippen molar-refractivity contribution in [2.45, 2.75) is 0 Å². The molecule has 4 nitrogen and oxygen atoms in total. The van der Waals surface area contributed by atoms with Crippen molar-refractivity contribution in [3.8, 4) is 0 Å². The molecule has 0 radical (unpaired) electrons. The Balaban J connectivity index is -0.000000142. The number of aliphatic hydroxyl groups excluding tert-OH is 1. The molecular formula is C5H10N2O2S2Zn. The molecule has 7 heteroatoms. The van der Waals surface area contributed by atoms with Crippen LogP contribution in [-0.2, 0) is 24.2 Å². The Morgan fingerprint density at radius 3 is 1.92 bits per heavy atom. The van der Waals surface area contributed by atoms with E-state index in [0.29, 0.717) is 6.61 Å². The molecule has 0 aliphatic carbocycles. The maximum absolute atomic E-state index is 7.56. The van der Waals surface area contributed by atoms with Crippen molar-refractivity contribution in [2.24, 2.45) is 11.5 Å². The van der Waals surface area contributed by atoms with Crippen LogP contribution in [0, 0.1) is 0 Å². The van der Waals surface area contributed by atoms with Gasteiger partial charge in [-0.2, -0.15) is 0 Å². The maximum atomic E-state index is 7.56. The molecule has 0 unspecified atom stereocenters. The minimum absolute atomic E-state index is 0. The van der Waals surface area contributed by atoms with Gasteiger partial charge in [0.25, 0.3) is 10.3 Å². The molecule has 12 heavy (non-hydrogen) atoms. The Bertz CT molecular complexity index is 150. The molecular weight excluding hydrogens is 250 g/mol. The van der Waals surface area contributed by atoms with Crippen molar-refractivity contribution in [2.75, 3.05) is 6.61 Å². The predicted molar refractivity (Wildman–Crippen MR) is 52.3 cm³/mol. The molecule has 0 saturated carbocycles. The fourth-order valence-corrected chi connectivity index (χ4v) is 0.209. The summed E-state index contributed by atoms with van der Waals surface area (Å²) in [6.45, 7) is 3.79. The van der Waals surface area contributed by atoms with E-state index >= 15 is 0 Å². The summed E-state index contributed by atoms with van der Waals surface area (Å²) in [5.74, 6) is 0. The van der Waals surface area contributed by atoms with Gasteiger partial charge in [0.15, 0.2) is 0 Å². The van der Waals surface area contributed by atoms with Gasteiger partial charge < -0.3 is 21.3 Å². The fourth-order valence-electron chi connectivity index (χ4n) is 0.141. The van der Waals surface area contributed by atoms with Gasteiger partial charge in [0.1, 0.15) is 6.61 Å². The van der Waals surface area contributed by atoms with E-state index in [1.165, 1.54) is 0 Å². The van der Waals surface area contributed by atoms with Crippen molar-refractivity contribution in [1.82, 2.24) is 0 Å². The van der Waals surface area contributed by atoms with Crippen molar-refractivity contribution in [1.29, 1.82) is 0 Å². The standard InChI is InChI=1S/C4H7NOS.CH3NOS.Zn/c1-2-3-6-4(5)7;2-1(3)4;/h2H,1,3H2,(H2,5,7);(H3,2,3,4);. The molecule has 0 heterocycles. The van der Waals surface area contributed by atoms with Gasteiger partial charge in [0.05, 0.1) is 0 Å². The maximum Gasteiger partial charge on any atom is 0.254 e. The van der Waals surface area contributed by atoms with Crippen LogP contribution >= 0.6 is 24.4 Å². The molecule has 66 valence electrons. The van der Waals surface area contributed by atoms with Crippen LogP contribution in [0.15, 0.2) is 12.7 Å². The number of rotatable bonds is 2. The van der Waals surface area contributed by atoms with Gasteiger partial charge in [0, 0.05) is 19.5 Å². The average molecular weight is 260 g/mol. The van der Waals surface area contributed by atoms with Crippen molar-refractivity contribution >= 4 is 34.8 Å². The topological polar surface area (TPSA) is 81.5 Å². The van der Waals surface area contributed by atoms with Gasteiger partial charge in [-0.05, 0) is 24.4 Å². The van der Waals surface area contributed by atoms with E-state index in [1.54, 1.807) is 6.08 Å². The zero-order valence-electron chi connectivity index (χ0n) is 6.53. The first-order chi connectivity index (χ1) is 5.00. The molecule has 0 spiro atoms. The van der Waals surface area contributed by atoms with Crippen LogP contribution in [0.25, 0.3) is 0 Å². The zero-order chi connectivity index (χ0) is 9.28. The van der Waals surface area contributed by atoms with Crippen LogP contribution in [0.2, 0.25) is 0 Å². The normalized spacial score (nSPS) is 6.33. The number of aliphatic hydroxyl groups is 1. The summed E-state index contributed by atoms with van der Waals surface area (Å²) in [4.78, 5) is 0. The molecule has 0 bridgehead atoms. The SMILES string of the molecule is C=CCOC(N)=S.NC(O)=S.[Zn]. The zero-order valence-corrected chi connectivity index (χ0v) is 11.1. The quantitative estimate of drug-likeness (QED) is 0.374. The Hall–Kier alpha value is -0.257. The van der Waals surface area contributed by atoms with Crippen LogP contribution in [-0.4, -0.2) is 22.1 Å². The Morgan fingerprint density at radius 2 is 1.83 bits per heavy atom. The summed E-state index contributed by atoms with van der Waals surface area (Å²) in [6, 6.07) is 0. The Labute approximate surface area is 94.7 Å². The monoisotopic (exact) mass is 258 g/mol. The molecule has 0 fully saturated rings. The van der Waals surface area contributed by atoms with Gasteiger partial charge in [0.2, 0.25) is 0 Å². The molecule has 0 aromatic rings. The number of ether oxygens (including phenoxy) is 1. The third-order valence-corrected chi connectivity index (χ3v) is 0.461. The molecule has 0 aliphatic heterocycles. The van der Waals surface area contributed by atoms with E-state index in [0.717, 1.165) is 0 Å². The van der Waals surface area contributed by atoms with Crippen LogP contribution < -0.4 is 11.5 Å². The summed E-state index contributed by atoms with van der Waals surface area (Å²) in [5.41, 5.74) is 9.34. The first-order valence-electron chi connectivity index (χ1n) is 2.52. The molecule has 0 atom stereocenters. The molecule has 0 rings (SSSR count). The predicted octanol–water partition coefficient (Wildman–Crippen LogP) is 0.218. The van der Waals surface area contributed by atoms with E-state index < -0.39 is 5.17 Å². The van der Waals surface area contributed by atoms with Gasteiger partial charge in [-0.25, -0.2) is 0 Å². The van der Waals surface area contributed by atoms with Gasteiger partial charge >= 0.3 is 0 Å². The summed E-state index contributed by atoms with van der Waals surface area (Å²) < 4.78 is 4.58. The molecule has 0 aliphatic rings. The van der Waals surface area contributed by atoms with E-state index in [4.69, 9.17) is 10.8 Å². The van der Waals surface area contributed by atoms with Crippen molar-refractivity contribution < 1.29 is 29.3 Å². The van der Waals surface area contributed by atoms with Gasteiger partial charge in [-0.1, -0.05) is 12.7 Å². The minimum Gasteiger partial charge on any atom is -0.487 e. The van der Waals surface area contributed by atoms with E-state index in [9.17, 15) is 0 Å². The number of thiocarbonyl (C=S) groups is 2. The second kappa shape index (κ2) is 13.3. The van der Waals surface area contributed by atoms with E-state index in [1.807, 2.05) is 0 Å². The van der Waals surface area contributed by atoms with E-state index in [2.05, 4.69) is 41.5 Å². The smallest absolute Gasteiger partial charge is 0.254 e. The second-order valence-corrected chi connectivity index (χ2v) is 2.08. The molecule has 0 aromatic heterocycles. The van der Waals surface area contributed by atoms with Crippen LogP contribution in [0.4, 0.5) is 0 Å². The molecule has 0 aromatic carbocycles. The summed E-state index contributed by atoms with van der Waals surface area (Å²) in [7, 11) is 0. The average Bonchev–Trinajstić information content (AvgIpc) is 1.82. The van der Waals surface area contributed by atoms with Crippen LogP contribution in [0.5, 0.6) is 0 Å². The summed E-state index contributed by atoms with van der Waals surface area (Å²) >= 11 is 8.24. The largest absolute Gasteiger partial charge is 0.487 e. The number of hydrogen-bond donors (Lipinski definition) is 3.